The van der Waals surface area contributed by atoms with Gasteiger partial charge in [-0.3, -0.25) is 4.79 Å². The summed E-state index contributed by atoms with van der Waals surface area (Å²) in [5, 5.41) is 3.22. The molecule has 1 atom stereocenters. The van der Waals surface area contributed by atoms with Gasteiger partial charge in [0.2, 0.25) is 5.91 Å². The highest BCUT2D eigenvalue weighted by Gasteiger charge is 2.62. The van der Waals surface area contributed by atoms with Gasteiger partial charge in [0.15, 0.2) is 0 Å². The van der Waals surface area contributed by atoms with Crippen LogP contribution in [0.3, 0.4) is 0 Å². The maximum atomic E-state index is 13.3. The smallest absolute Gasteiger partial charge is 0.339 e. The minimum atomic E-state index is -4.42. The monoisotopic (exact) mass is 278 g/mol. The van der Waals surface area contributed by atoms with Crippen molar-refractivity contribution in [2.75, 3.05) is 19.6 Å². The van der Waals surface area contributed by atoms with E-state index in [2.05, 4.69) is 5.32 Å². The lowest BCUT2D eigenvalue weighted by Crippen LogP contribution is -2.58. The summed E-state index contributed by atoms with van der Waals surface area (Å²) < 4.78 is 40.0. The van der Waals surface area contributed by atoms with Crippen LogP contribution in [0, 0.1) is 5.41 Å². The molecule has 3 nitrogen and oxygen atoms in total. The van der Waals surface area contributed by atoms with Gasteiger partial charge in [0.25, 0.3) is 0 Å². The second-order valence-electron chi connectivity index (χ2n) is 5.60. The van der Waals surface area contributed by atoms with Gasteiger partial charge in [-0.2, -0.15) is 13.2 Å². The fourth-order valence-corrected chi connectivity index (χ4v) is 3.18. The van der Waals surface area contributed by atoms with Gasteiger partial charge in [0.1, 0.15) is 5.41 Å². The molecular weight excluding hydrogens is 257 g/mol. The van der Waals surface area contributed by atoms with Crippen molar-refractivity contribution in [2.24, 2.45) is 5.41 Å². The van der Waals surface area contributed by atoms with Crippen molar-refractivity contribution in [3.8, 4) is 0 Å². The average Bonchev–Trinajstić information content (AvgIpc) is 2.88. The summed E-state index contributed by atoms with van der Waals surface area (Å²) in [6.45, 7) is 3.33. The first-order valence-electron chi connectivity index (χ1n) is 7.00. The molecule has 0 aromatic heterocycles. The lowest BCUT2D eigenvalue weighted by atomic mass is 9.83. The molecule has 1 aliphatic heterocycles. The van der Waals surface area contributed by atoms with Crippen LogP contribution in [0.4, 0.5) is 13.2 Å². The molecule has 0 unspecified atom stereocenters. The molecule has 0 spiro atoms. The lowest BCUT2D eigenvalue weighted by Gasteiger charge is -2.40. The number of amides is 1. The van der Waals surface area contributed by atoms with E-state index in [1.165, 1.54) is 4.90 Å². The van der Waals surface area contributed by atoms with E-state index in [0.717, 1.165) is 6.42 Å². The van der Waals surface area contributed by atoms with Crippen LogP contribution < -0.4 is 5.32 Å². The molecule has 0 radical (unpaired) electrons. The highest BCUT2D eigenvalue weighted by molar-refractivity contribution is 5.84. The Bertz CT molecular complexity index is 337. The van der Waals surface area contributed by atoms with E-state index < -0.39 is 17.5 Å². The van der Waals surface area contributed by atoms with Crippen LogP contribution in [0.15, 0.2) is 0 Å². The van der Waals surface area contributed by atoms with E-state index in [4.69, 9.17) is 0 Å². The zero-order valence-electron chi connectivity index (χ0n) is 11.2. The summed E-state index contributed by atoms with van der Waals surface area (Å²) in [6.07, 6.45) is -2.70. The Morgan fingerprint density at radius 2 is 2.00 bits per heavy atom. The predicted octanol–water partition coefficient (Wildman–Crippen LogP) is 2.32. The molecule has 0 aromatic rings. The molecule has 1 saturated heterocycles. The van der Waals surface area contributed by atoms with E-state index in [1.54, 1.807) is 0 Å². The Kier molecular flexibility index (Phi) is 4.08. The van der Waals surface area contributed by atoms with E-state index in [1.807, 2.05) is 6.92 Å². The van der Waals surface area contributed by atoms with Crippen LogP contribution in [-0.2, 0) is 4.79 Å². The largest absolute Gasteiger partial charge is 0.403 e. The van der Waals surface area contributed by atoms with Crippen molar-refractivity contribution >= 4 is 5.91 Å². The van der Waals surface area contributed by atoms with Crippen LogP contribution in [0.1, 0.15) is 39.0 Å². The maximum Gasteiger partial charge on any atom is 0.403 e. The summed E-state index contributed by atoms with van der Waals surface area (Å²) in [5.41, 5.74) is -2.11. The normalized spacial score (nSPS) is 27.6. The third kappa shape index (κ3) is 2.59. The Hall–Kier alpha value is -0.780. The summed E-state index contributed by atoms with van der Waals surface area (Å²) in [4.78, 5) is 13.8. The Labute approximate surface area is 111 Å². The average molecular weight is 278 g/mol. The molecular formula is C13H21F3N2O. The van der Waals surface area contributed by atoms with Gasteiger partial charge in [-0.15, -0.1) is 0 Å². The lowest BCUT2D eigenvalue weighted by molar-refractivity contribution is -0.226. The number of hydrogen-bond acceptors (Lipinski definition) is 2. The van der Waals surface area contributed by atoms with E-state index in [0.29, 0.717) is 32.5 Å². The number of nitrogens with zero attached hydrogens (tertiary/aromatic N) is 1. The SMILES string of the molecule is CC[C@@H]1CN(C(=O)C2(C(F)(F)F)CCCC2)CCN1. The minimum absolute atomic E-state index is 0.0456. The molecule has 2 fully saturated rings. The van der Waals surface area contributed by atoms with E-state index in [-0.39, 0.29) is 18.9 Å². The molecule has 0 aromatic carbocycles. The second-order valence-corrected chi connectivity index (χ2v) is 5.60. The van der Waals surface area contributed by atoms with Crippen molar-refractivity contribution in [1.82, 2.24) is 10.2 Å². The van der Waals surface area contributed by atoms with Crippen LogP contribution in [0.5, 0.6) is 0 Å². The number of piperazine rings is 1. The Morgan fingerprint density at radius 3 is 2.53 bits per heavy atom. The molecule has 1 saturated carbocycles. The molecule has 0 bridgehead atoms. The molecule has 6 heteroatoms. The third-order valence-corrected chi connectivity index (χ3v) is 4.44. The fraction of sp³-hybridized carbons (Fsp3) is 0.923. The fourth-order valence-electron chi connectivity index (χ4n) is 3.18. The van der Waals surface area contributed by atoms with E-state index in [9.17, 15) is 18.0 Å². The molecule has 2 rings (SSSR count). The number of carbonyl (C=O) groups excluding carboxylic acids is 1. The summed E-state index contributed by atoms with van der Waals surface area (Å²) in [7, 11) is 0. The maximum absolute atomic E-state index is 13.3. The summed E-state index contributed by atoms with van der Waals surface area (Å²) >= 11 is 0. The first-order chi connectivity index (χ1) is 8.90. The van der Waals surface area contributed by atoms with Crippen LogP contribution in [0.25, 0.3) is 0 Å². The number of halogens is 3. The number of nitrogens with one attached hydrogen (secondary N) is 1. The highest BCUT2D eigenvalue weighted by Crippen LogP contribution is 2.51. The Morgan fingerprint density at radius 1 is 1.37 bits per heavy atom. The molecule has 1 heterocycles. The molecule has 1 amide bonds. The highest BCUT2D eigenvalue weighted by atomic mass is 19.4. The van der Waals surface area contributed by atoms with Crippen molar-refractivity contribution in [3.63, 3.8) is 0 Å². The second kappa shape index (κ2) is 5.31. The molecule has 110 valence electrons. The van der Waals surface area contributed by atoms with Crippen molar-refractivity contribution in [2.45, 2.75) is 51.2 Å². The van der Waals surface area contributed by atoms with E-state index >= 15 is 0 Å². The van der Waals surface area contributed by atoms with Crippen LogP contribution in [-0.4, -0.2) is 42.7 Å². The number of rotatable bonds is 2. The molecule has 1 aliphatic carbocycles. The first-order valence-corrected chi connectivity index (χ1v) is 7.00. The molecule has 19 heavy (non-hydrogen) atoms. The molecule has 1 N–H and O–H groups in total. The van der Waals surface area contributed by atoms with Gasteiger partial charge in [0, 0.05) is 25.7 Å². The van der Waals surface area contributed by atoms with Gasteiger partial charge < -0.3 is 10.2 Å². The van der Waals surface area contributed by atoms with Gasteiger partial charge in [-0.1, -0.05) is 19.8 Å². The van der Waals surface area contributed by atoms with Crippen molar-refractivity contribution in [1.29, 1.82) is 0 Å². The number of carbonyl (C=O) groups is 1. The minimum Gasteiger partial charge on any atom is -0.339 e. The standard InChI is InChI=1S/C13H21F3N2O/c1-2-10-9-18(8-7-17-10)11(19)12(13(14,15)16)5-3-4-6-12/h10,17H,2-9H2,1H3/t10-/m1/s1. The van der Waals surface area contributed by atoms with Gasteiger partial charge in [0.05, 0.1) is 0 Å². The summed E-state index contributed by atoms with van der Waals surface area (Å²) in [5.74, 6) is -0.697. The van der Waals surface area contributed by atoms with Crippen molar-refractivity contribution in [3.05, 3.63) is 0 Å². The topological polar surface area (TPSA) is 32.3 Å². The zero-order valence-corrected chi connectivity index (χ0v) is 11.2. The third-order valence-electron chi connectivity index (χ3n) is 4.44. The van der Waals surface area contributed by atoms with Gasteiger partial charge >= 0.3 is 6.18 Å². The van der Waals surface area contributed by atoms with Gasteiger partial charge in [-0.25, -0.2) is 0 Å². The quantitative estimate of drug-likeness (QED) is 0.840. The van der Waals surface area contributed by atoms with Crippen LogP contribution >= 0.6 is 0 Å². The summed E-state index contributed by atoms with van der Waals surface area (Å²) in [6, 6.07) is 0.115. The Balaban J connectivity index is 2.16. The zero-order chi connectivity index (χ0) is 14.1. The first kappa shape index (κ1) is 14.6. The van der Waals surface area contributed by atoms with Crippen molar-refractivity contribution < 1.29 is 18.0 Å². The van der Waals surface area contributed by atoms with Gasteiger partial charge in [-0.05, 0) is 19.3 Å². The number of hydrogen-bond donors (Lipinski definition) is 1. The predicted molar refractivity (Wildman–Crippen MR) is 65.6 cm³/mol. The number of alkyl halides is 3. The van der Waals surface area contributed by atoms with Crippen LogP contribution in [0.2, 0.25) is 0 Å². The molecule has 2 aliphatic rings.